The highest BCUT2D eigenvalue weighted by atomic mass is 19.1. The number of ketones is 2. The molecular formula is C15H14FN2O2+. The van der Waals surface area contributed by atoms with Crippen LogP contribution < -0.4 is 10.3 Å². The summed E-state index contributed by atoms with van der Waals surface area (Å²) in [6, 6.07) is 8.69. The molecule has 4 nitrogen and oxygen atoms in total. The van der Waals surface area contributed by atoms with E-state index in [4.69, 9.17) is 5.73 Å². The van der Waals surface area contributed by atoms with Crippen LogP contribution in [0.3, 0.4) is 0 Å². The summed E-state index contributed by atoms with van der Waals surface area (Å²) in [5.74, 6) is -0.731. The van der Waals surface area contributed by atoms with Crippen LogP contribution in [0, 0.1) is 5.82 Å². The second-order valence-corrected chi connectivity index (χ2v) is 4.32. The highest BCUT2D eigenvalue weighted by Crippen LogP contribution is 2.04. The number of Topliss-reactive ketones (excluding diaryl/α,β-unsaturated/α-hetero) is 2. The van der Waals surface area contributed by atoms with E-state index in [0.717, 1.165) is 0 Å². The summed E-state index contributed by atoms with van der Waals surface area (Å²) in [6.07, 6.45) is 3.27. The van der Waals surface area contributed by atoms with E-state index in [0.29, 0.717) is 11.1 Å². The van der Waals surface area contributed by atoms with Crippen molar-refractivity contribution in [2.75, 3.05) is 6.54 Å². The molecule has 1 aromatic carbocycles. The van der Waals surface area contributed by atoms with E-state index in [-0.39, 0.29) is 30.5 Å². The Kier molecular flexibility index (Phi) is 4.32. The molecular weight excluding hydrogens is 259 g/mol. The summed E-state index contributed by atoms with van der Waals surface area (Å²) in [6.45, 7) is 0.00719. The zero-order chi connectivity index (χ0) is 14.5. The molecule has 102 valence electrons. The lowest BCUT2D eigenvalue weighted by molar-refractivity contribution is -0.683. The van der Waals surface area contributed by atoms with Gasteiger partial charge < -0.3 is 5.73 Å². The molecule has 0 fully saturated rings. The quantitative estimate of drug-likeness (QED) is 0.656. The number of halogens is 1. The zero-order valence-corrected chi connectivity index (χ0v) is 10.8. The van der Waals surface area contributed by atoms with E-state index in [1.165, 1.54) is 24.3 Å². The fourth-order valence-electron chi connectivity index (χ4n) is 1.80. The number of carbonyl (C=O) groups excluding carboxylic acids is 2. The normalized spacial score (nSPS) is 10.3. The average Bonchev–Trinajstić information content (AvgIpc) is 2.47. The molecule has 0 atom stereocenters. The number of carbonyl (C=O) groups is 2. The Morgan fingerprint density at radius 2 is 1.75 bits per heavy atom. The molecule has 20 heavy (non-hydrogen) atoms. The fraction of sp³-hybridized carbons (Fsp3) is 0.133. The van der Waals surface area contributed by atoms with Crippen LogP contribution in [0.1, 0.15) is 20.7 Å². The molecule has 1 aromatic heterocycles. The molecule has 2 aromatic rings. The molecule has 2 N–H and O–H groups in total. The topological polar surface area (TPSA) is 64.0 Å². The number of pyridine rings is 1. The van der Waals surface area contributed by atoms with E-state index in [1.54, 1.807) is 29.1 Å². The Bertz CT molecular complexity index is 639. The minimum absolute atomic E-state index is 0.0735. The third-order valence-electron chi connectivity index (χ3n) is 2.86. The standard InChI is InChI=1S/C15H14FN2O2/c16-13-5-3-11(4-6-13)15(20)10-18-7-1-2-12(9-18)14(19)8-17/h1-7,9H,8,10,17H2/q+1. The lowest BCUT2D eigenvalue weighted by Gasteiger charge is -2.00. The van der Waals surface area contributed by atoms with Crippen LogP contribution in [0.25, 0.3) is 0 Å². The number of benzene rings is 1. The molecule has 0 saturated carbocycles. The maximum Gasteiger partial charge on any atom is 0.227 e. The summed E-state index contributed by atoms with van der Waals surface area (Å²) < 4.78 is 14.4. The van der Waals surface area contributed by atoms with Gasteiger partial charge in [0, 0.05) is 11.6 Å². The van der Waals surface area contributed by atoms with Gasteiger partial charge in [-0.05, 0) is 30.3 Å². The van der Waals surface area contributed by atoms with Crippen molar-refractivity contribution >= 4 is 11.6 Å². The van der Waals surface area contributed by atoms with E-state index < -0.39 is 0 Å². The van der Waals surface area contributed by atoms with E-state index in [1.807, 2.05) is 0 Å². The van der Waals surface area contributed by atoms with Crippen molar-refractivity contribution in [2.45, 2.75) is 6.54 Å². The van der Waals surface area contributed by atoms with Gasteiger partial charge >= 0.3 is 0 Å². The van der Waals surface area contributed by atoms with Crippen molar-refractivity contribution in [3.63, 3.8) is 0 Å². The molecule has 2 rings (SSSR count). The first-order chi connectivity index (χ1) is 9.60. The first-order valence-electron chi connectivity index (χ1n) is 6.11. The molecule has 1 heterocycles. The molecule has 0 amide bonds. The summed E-state index contributed by atoms with van der Waals surface area (Å²) in [5.41, 5.74) is 6.18. The number of hydrogen-bond acceptors (Lipinski definition) is 3. The molecule has 0 bridgehead atoms. The molecule has 0 unspecified atom stereocenters. The van der Waals surface area contributed by atoms with Crippen molar-refractivity contribution < 1.29 is 18.5 Å². The molecule has 0 radical (unpaired) electrons. The van der Waals surface area contributed by atoms with Crippen LogP contribution in [0.2, 0.25) is 0 Å². The average molecular weight is 273 g/mol. The predicted molar refractivity (Wildman–Crippen MR) is 70.8 cm³/mol. The lowest BCUT2D eigenvalue weighted by atomic mass is 10.1. The Hall–Kier alpha value is -2.40. The maximum absolute atomic E-state index is 12.8. The Balaban J connectivity index is 2.15. The number of aromatic nitrogens is 1. The zero-order valence-electron chi connectivity index (χ0n) is 10.8. The number of hydrogen-bond donors (Lipinski definition) is 1. The minimum Gasteiger partial charge on any atom is -0.324 e. The predicted octanol–water partition coefficient (Wildman–Crippen LogP) is 1.14. The Labute approximate surface area is 115 Å². The highest BCUT2D eigenvalue weighted by Gasteiger charge is 2.14. The maximum atomic E-state index is 12.8. The van der Waals surface area contributed by atoms with Gasteiger partial charge in [0.15, 0.2) is 18.2 Å². The molecule has 0 spiro atoms. The summed E-state index contributed by atoms with van der Waals surface area (Å²) in [4.78, 5) is 23.5. The van der Waals surface area contributed by atoms with Crippen molar-refractivity contribution in [3.05, 3.63) is 65.7 Å². The second kappa shape index (κ2) is 6.16. The van der Waals surface area contributed by atoms with Crippen molar-refractivity contribution in [1.82, 2.24) is 0 Å². The van der Waals surface area contributed by atoms with E-state index in [9.17, 15) is 14.0 Å². The van der Waals surface area contributed by atoms with Gasteiger partial charge in [-0.15, -0.1) is 0 Å². The van der Waals surface area contributed by atoms with E-state index in [2.05, 4.69) is 0 Å². The Morgan fingerprint density at radius 1 is 1.05 bits per heavy atom. The van der Waals surface area contributed by atoms with Gasteiger partial charge in [0.1, 0.15) is 5.82 Å². The summed E-state index contributed by atoms with van der Waals surface area (Å²) >= 11 is 0. The van der Waals surface area contributed by atoms with Crippen molar-refractivity contribution in [2.24, 2.45) is 5.73 Å². The van der Waals surface area contributed by atoms with Crippen LogP contribution in [0.15, 0.2) is 48.8 Å². The van der Waals surface area contributed by atoms with Gasteiger partial charge in [-0.1, -0.05) is 0 Å². The van der Waals surface area contributed by atoms with Gasteiger partial charge in [-0.3, -0.25) is 9.59 Å². The van der Waals surface area contributed by atoms with Gasteiger partial charge in [0.25, 0.3) is 0 Å². The SMILES string of the molecule is NCC(=O)c1ccc[n+](CC(=O)c2ccc(F)cc2)c1. The third kappa shape index (κ3) is 3.33. The smallest absolute Gasteiger partial charge is 0.227 e. The Morgan fingerprint density at radius 3 is 2.40 bits per heavy atom. The van der Waals surface area contributed by atoms with Crippen LogP contribution in [0.5, 0.6) is 0 Å². The van der Waals surface area contributed by atoms with Gasteiger partial charge in [0.2, 0.25) is 12.3 Å². The van der Waals surface area contributed by atoms with Crippen molar-refractivity contribution in [3.8, 4) is 0 Å². The van der Waals surface area contributed by atoms with Crippen LogP contribution >= 0.6 is 0 Å². The number of rotatable bonds is 5. The molecule has 0 aliphatic heterocycles. The number of nitrogens with zero attached hydrogens (tertiary/aromatic N) is 1. The first-order valence-corrected chi connectivity index (χ1v) is 6.11. The molecule has 0 saturated heterocycles. The minimum atomic E-state index is -0.384. The fourth-order valence-corrected chi connectivity index (χ4v) is 1.80. The molecule has 0 aliphatic rings. The number of nitrogens with two attached hydrogens (primary N) is 1. The van der Waals surface area contributed by atoms with E-state index >= 15 is 0 Å². The highest BCUT2D eigenvalue weighted by molar-refractivity contribution is 5.97. The van der Waals surface area contributed by atoms with Crippen LogP contribution in [0.4, 0.5) is 4.39 Å². The first kappa shape index (κ1) is 14.0. The monoisotopic (exact) mass is 273 g/mol. The largest absolute Gasteiger partial charge is 0.324 e. The second-order valence-electron chi connectivity index (χ2n) is 4.32. The molecule has 5 heteroatoms. The van der Waals surface area contributed by atoms with Crippen molar-refractivity contribution in [1.29, 1.82) is 0 Å². The van der Waals surface area contributed by atoms with Crippen LogP contribution in [-0.4, -0.2) is 18.1 Å². The summed E-state index contributed by atoms with van der Waals surface area (Å²) in [5, 5.41) is 0. The van der Waals surface area contributed by atoms with Gasteiger partial charge in [-0.2, -0.15) is 4.57 Å². The van der Waals surface area contributed by atoms with Gasteiger partial charge in [0.05, 0.1) is 12.1 Å². The van der Waals surface area contributed by atoms with Gasteiger partial charge in [-0.25, -0.2) is 4.39 Å². The molecule has 0 aliphatic carbocycles. The van der Waals surface area contributed by atoms with Crippen LogP contribution in [-0.2, 0) is 6.54 Å². The lowest BCUT2D eigenvalue weighted by Crippen LogP contribution is -2.38. The third-order valence-corrected chi connectivity index (χ3v) is 2.86. The summed E-state index contributed by atoms with van der Waals surface area (Å²) in [7, 11) is 0.